The number of rotatable bonds is 4. The molecule has 1 rings (SSSR count). The average molecular weight is 307 g/mol. The Hall–Kier alpha value is -1.82. The van der Waals surface area contributed by atoms with E-state index in [0.29, 0.717) is 6.07 Å². The lowest BCUT2D eigenvalue weighted by Gasteiger charge is -2.16. The quantitative estimate of drug-likeness (QED) is 0.917. The van der Waals surface area contributed by atoms with Crippen molar-refractivity contribution in [1.29, 1.82) is 5.26 Å². The van der Waals surface area contributed by atoms with E-state index in [-0.39, 0.29) is 17.1 Å². The van der Waals surface area contributed by atoms with Crippen LogP contribution < -0.4 is 5.32 Å². The molecule has 110 valence electrons. The molecule has 0 saturated heterocycles. The van der Waals surface area contributed by atoms with Crippen molar-refractivity contribution >= 4 is 15.7 Å². The Morgan fingerprint density at radius 2 is 2.05 bits per heavy atom. The van der Waals surface area contributed by atoms with Crippen molar-refractivity contribution in [2.24, 2.45) is 0 Å². The van der Waals surface area contributed by atoms with Gasteiger partial charge in [-0.05, 0) is 19.1 Å². The number of aromatic nitrogens is 1. The van der Waals surface area contributed by atoms with Gasteiger partial charge in [0.1, 0.15) is 27.4 Å². The van der Waals surface area contributed by atoms with Crippen LogP contribution in [0, 0.1) is 11.3 Å². The molecule has 1 aromatic rings. The highest BCUT2D eigenvalue weighted by atomic mass is 32.2. The lowest BCUT2D eigenvalue weighted by Crippen LogP contribution is -2.26. The number of nitrogens with one attached hydrogen (secondary N) is 1. The summed E-state index contributed by atoms with van der Waals surface area (Å²) in [7, 11) is -3.30. The highest BCUT2D eigenvalue weighted by molar-refractivity contribution is 7.90. The summed E-state index contributed by atoms with van der Waals surface area (Å²) in [5, 5.41) is 11.3. The van der Waals surface area contributed by atoms with E-state index in [1.54, 1.807) is 6.07 Å². The fourth-order valence-electron chi connectivity index (χ4n) is 1.55. The van der Waals surface area contributed by atoms with Crippen molar-refractivity contribution in [3.8, 4) is 6.07 Å². The summed E-state index contributed by atoms with van der Waals surface area (Å²) in [6, 6.07) is 2.72. The van der Waals surface area contributed by atoms with E-state index < -0.39 is 27.7 Å². The summed E-state index contributed by atoms with van der Waals surface area (Å²) < 4.78 is 59.8. The second-order valence-electron chi connectivity index (χ2n) is 4.34. The molecule has 1 N–H and O–H groups in total. The molecule has 1 atom stereocenters. The highest BCUT2D eigenvalue weighted by Gasteiger charge is 2.33. The van der Waals surface area contributed by atoms with Gasteiger partial charge in [0.05, 0.1) is 11.3 Å². The molecular weight excluding hydrogens is 295 g/mol. The summed E-state index contributed by atoms with van der Waals surface area (Å²) in [4.78, 5) is 3.33. The number of hydrogen-bond donors (Lipinski definition) is 1. The Bertz CT molecular complexity index is 635. The molecule has 9 heteroatoms. The number of hydrogen-bond acceptors (Lipinski definition) is 5. The molecule has 0 fully saturated rings. The first-order valence-electron chi connectivity index (χ1n) is 5.45. The molecule has 0 radical (unpaired) electrons. The summed E-state index contributed by atoms with van der Waals surface area (Å²) in [5.41, 5.74) is -1.23. The van der Waals surface area contributed by atoms with Gasteiger partial charge in [0.25, 0.3) is 0 Å². The molecule has 0 aliphatic rings. The van der Waals surface area contributed by atoms with Crippen LogP contribution in [0.1, 0.15) is 18.2 Å². The normalized spacial score (nSPS) is 13.6. The predicted molar refractivity (Wildman–Crippen MR) is 66.7 cm³/mol. The monoisotopic (exact) mass is 307 g/mol. The maximum Gasteiger partial charge on any atom is 0.433 e. The van der Waals surface area contributed by atoms with Crippen molar-refractivity contribution in [2.45, 2.75) is 19.1 Å². The SMILES string of the molecule is CC(CS(C)(=O)=O)Nc1nc(C(F)(F)F)ccc1C#N. The van der Waals surface area contributed by atoms with Crippen molar-refractivity contribution in [2.75, 3.05) is 17.3 Å². The van der Waals surface area contributed by atoms with Gasteiger partial charge < -0.3 is 5.32 Å². The smallest absolute Gasteiger partial charge is 0.365 e. The first-order valence-corrected chi connectivity index (χ1v) is 7.51. The molecule has 0 saturated carbocycles. The summed E-state index contributed by atoms with van der Waals surface area (Å²) in [5.74, 6) is -0.561. The topological polar surface area (TPSA) is 82.8 Å². The molecular formula is C11H12F3N3O2S. The van der Waals surface area contributed by atoms with Gasteiger partial charge in [0.15, 0.2) is 0 Å². The second-order valence-corrected chi connectivity index (χ2v) is 6.52. The molecule has 0 bridgehead atoms. The van der Waals surface area contributed by atoms with Crippen LogP contribution >= 0.6 is 0 Å². The zero-order valence-corrected chi connectivity index (χ0v) is 11.5. The second kappa shape index (κ2) is 5.66. The van der Waals surface area contributed by atoms with E-state index in [1.165, 1.54) is 6.92 Å². The lowest BCUT2D eigenvalue weighted by molar-refractivity contribution is -0.141. The molecule has 1 aromatic heterocycles. The number of anilines is 1. The Balaban J connectivity index is 3.07. The van der Waals surface area contributed by atoms with Crippen LogP contribution in [0.15, 0.2) is 12.1 Å². The van der Waals surface area contributed by atoms with Gasteiger partial charge in [-0.15, -0.1) is 0 Å². The van der Waals surface area contributed by atoms with Crippen LogP contribution in [0.25, 0.3) is 0 Å². The Morgan fingerprint density at radius 3 is 2.50 bits per heavy atom. The maximum atomic E-state index is 12.5. The first kappa shape index (κ1) is 16.2. The molecule has 1 heterocycles. The van der Waals surface area contributed by atoms with E-state index in [0.717, 1.165) is 12.3 Å². The molecule has 0 aliphatic carbocycles. The Kier molecular flexibility index (Phi) is 4.60. The number of sulfone groups is 1. The molecule has 0 amide bonds. The van der Waals surface area contributed by atoms with Crippen LogP contribution in [0.3, 0.4) is 0 Å². The Labute approximate surface area is 114 Å². The summed E-state index contributed by atoms with van der Waals surface area (Å²) >= 11 is 0. The zero-order valence-electron chi connectivity index (χ0n) is 10.7. The van der Waals surface area contributed by atoms with Gasteiger partial charge in [-0.25, -0.2) is 13.4 Å². The number of nitriles is 1. The molecule has 0 spiro atoms. The standard InChI is InChI=1S/C11H12F3N3O2S/c1-7(6-20(2,18)19)16-10-8(5-15)3-4-9(17-10)11(12,13)14/h3-4,7H,6H2,1-2H3,(H,16,17). The highest BCUT2D eigenvalue weighted by Crippen LogP contribution is 2.29. The minimum Gasteiger partial charge on any atom is -0.365 e. The largest absolute Gasteiger partial charge is 0.433 e. The fourth-order valence-corrected chi connectivity index (χ4v) is 2.54. The molecule has 0 aromatic carbocycles. The maximum absolute atomic E-state index is 12.5. The van der Waals surface area contributed by atoms with E-state index in [4.69, 9.17) is 5.26 Å². The third-order valence-corrected chi connectivity index (χ3v) is 3.35. The third kappa shape index (κ3) is 4.70. The van der Waals surface area contributed by atoms with Gasteiger partial charge in [-0.3, -0.25) is 0 Å². The number of nitrogens with zero attached hydrogens (tertiary/aromatic N) is 2. The van der Waals surface area contributed by atoms with Crippen molar-refractivity contribution in [3.05, 3.63) is 23.4 Å². The van der Waals surface area contributed by atoms with Crippen LogP contribution in [0.4, 0.5) is 19.0 Å². The first-order chi connectivity index (χ1) is 9.03. The molecule has 1 unspecified atom stereocenters. The zero-order chi connectivity index (χ0) is 15.6. The van der Waals surface area contributed by atoms with E-state index in [2.05, 4.69) is 10.3 Å². The van der Waals surface area contributed by atoms with Crippen LogP contribution in [-0.4, -0.2) is 31.5 Å². The summed E-state index contributed by atoms with van der Waals surface area (Å²) in [6.45, 7) is 1.48. The van der Waals surface area contributed by atoms with Gasteiger partial charge in [-0.2, -0.15) is 18.4 Å². The fraction of sp³-hybridized carbons (Fsp3) is 0.455. The average Bonchev–Trinajstić information content (AvgIpc) is 2.24. The van der Waals surface area contributed by atoms with Gasteiger partial charge >= 0.3 is 6.18 Å². The predicted octanol–water partition coefficient (Wildman–Crippen LogP) is 1.82. The van der Waals surface area contributed by atoms with Crippen LogP contribution in [0.5, 0.6) is 0 Å². The lowest BCUT2D eigenvalue weighted by atomic mass is 10.2. The van der Waals surface area contributed by atoms with Crippen LogP contribution in [-0.2, 0) is 16.0 Å². The number of alkyl halides is 3. The van der Waals surface area contributed by atoms with Gasteiger partial charge in [-0.1, -0.05) is 0 Å². The van der Waals surface area contributed by atoms with E-state index >= 15 is 0 Å². The Morgan fingerprint density at radius 1 is 1.45 bits per heavy atom. The minimum atomic E-state index is -4.63. The van der Waals surface area contributed by atoms with E-state index in [1.807, 2.05) is 0 Å². The summed E-state index contributed by atoms with van der Waals surface area (Å²) in [6.07, 6.45) is -3.62. The van der Waals surface area contributed by atoms with Crippen molar-refractivity contribution in [3.63, 3.8) is 0 Å². The number of halogens is 3. The van der Waals surface area contributed by atoms with Gasteiger partial charge in [0, 0.05) is 12.3 Å². The van der Waals surface area contributed by atoms with Crippen molar-refractivity contribution in [1.82, 2.24) is 4.98 Å². The van der Waals surface area contributed by atoms with Crippen LogP contribution in [0.2, 0.25) is 0 Å². The molecule has 20 heavy (non-hydrogen) atoms. The number of pyridine rings is 1. The third-order valence-electron chi connectivity index (χ3n) is 2.24. The molecule has 5 nitrogen and oxygen atoms in total. The van der Waals surface area contributed by atoms with Crippen molar-refractivity contribution < 1.29 is 21.6 Å². The minimum absolute atomic E-state index is 0.0849. The van der Waals surface area contributed by atoms with E-state index in [9.17, 15) is 21.6 Å². The molecule has 0 aliphatic heterocycles. The van der Waals surface area contributed by atoms with Gasteiger partial charge in [0.2, 0.25) is 0 Å².